The number of nitrogens with zero attached hydrogens (tertiary/aromatic N) is 1. The molecule has 0 unspecified atom stereocenters. The fraction of sp³-hybridized carbons (Fsp3) is 0.278. The van der Waals surface area contributed by atoms with Gasteiger partial charge in [0.25, 0.3) is 10.0 Å². The maximum absolute atomic E-state index is 13.9. The molecule has 0 aliphatic heterocycles. The first-order valence-electron chi connectivity index (χ1n) is 8.46. The minimum Gasteiger partial charge on any atom is -0.440 e. The lowest BCUT2D eigenvalue weighted by atomic mass is 10.1. The maximum Gasteiger partial charge on any atom is 0.271 e. The van der Waals surface area contributed by atoms with E-state index in [1.807, 2.05) is 0 Å². The number of hydrogen-bond acceptors (Lipinski definition) is 5. The molecule has 0 bridgehead atoms. The summed E-state index contributed by atoms with van der Waals surface area (Å²) in [5, 5.41) is 0.192. The summed E-state index contributed by atoms with van der Waals surface area (Å²) in [6.45, 7) is 0. The van der Waals surface area contributed by atoms with E-state index in [-0.39, 0.29) is 14.9 Å². The summed E-state index contributed by atoms with van der Waals surface area (Å²) in [4.78, 5) is 5.00. The normalized spacial score (nSPS) is 15.3. The zero-order valence-corrected chi connectivity index (χ0v) is 16.5. The first-order valence-corrected chi connectivity index (χ1v) is 11.1. The Labute approximate surface area is 165 Å². The van der Waals surface area contributed by atoms with Gasteiger partial charge in [-0.15, -0.1) is 11.3 Å². The molecule has 1 aliphatic rings. The number of sulfonamides is 1. The van der Waals surface area contributed by atoms with Gasteiger partial charge in [0.1, 0.15) is 10.0 Å². The SMILES string of the molecule is O=S(=O)(Nc1ccc(Cl)cc1F)c1ccc(-c2cnc(C3CCCC3)o2)s1. The monoisotopic (exact) mass is 426 g/mol. The Morgan fingerprint density at radius 2 is 2.00 bits per heavy atom. The van der Waals surface area contributed by atoms with Crippen LogP contribution < -0.4 is 4.72 Å². The van der Waals surface area contributed by atoms with Gasteiger partial charge in [0, 0.05) is 10.9 Å². The van der Waals surface area contributed by atoms with E-state index in [0.29, 0.717) is 22.4 Å². The molecule has 4 rings (SSSR count). The molecule has 9 heteroatoms. The molecule has 0 saturated heterocycles. The van der Waals surface area contributed by atoms with Gasteiger partial charge in [-0.25, -0.2) is 17.8 Å². The van der Waals surface area contributed by atoms with E-state index >= 15 is 0 Å². The van der Waals surface area contributed by atoms with Crippen molar-refractivity contribution in [1.82, 2.24) is 4.98 Å². The van der Waals surface area contributed by atoms with Gasteiger partial charge in [0.2, 0.25) is 0 Å². The summed E-state index contributed by atoms with van der Waals surface area (Å²) in [6.07, 6.45) is 6.12. The number of aromatic nitrogens is 1. The van der Waals surface area contributed by atoms with E-state index in [4.69, 9.17) is 16.0 Å². The third-order valence-corrected chi connectivity index (χ3v) is 7.68. The van der Waals surface area contributed by atoms with Crippen LogP contribution in [-0.4, -0.2) is 13.4 Å². The fourth-order valence-electron chi connectivity index (χ4n) is 3.13. The van der Waals surface area contributed by atoms with Gasteiger partial charge in [-0.3, -0.25) is 4.72 Å². The second-order valence-corrected chi connectivity index (χ2v) is 9.82. The Hall–Kier alpha value is -1.90. The standard InChI is InChI=1S/C18H16ClFN2O3S2/c19-12-5-6-14(13(20)9-12)22-27(23,24)17-8-7-16(26-17)15-10-21-18(25-15)11-3-1-2-4-11/h5-11,22H,1-4H2. The summed E-state index contributed by atoms with van der Waals surface area (Å²) in [6, 6.07) is 6.89. The van der Waals surface area contributed by atoms with Crippen molar-refractivity contribution in [3.63, 3.8) is 0 Å². The van der Waals surface area contributed by atoms with Gasteiger partial charge in [-0.2, -0.15) is 0 Å². The van der Waals surface area contributed by atoms with Gasteiger partial charge in [-0.1, -0.05) is 24.4 Å². The highest BCUT2D eigenvalue weighted by molar-refractivity contribution is 7.94. The molecular formula is C18H16ClFN2O3S2. The predicted octanol–water partition coefficient (Wildman–Crippen LogP) is 5.65. The largest absolute Gasteiger partial charge is 0.440 e. The number of rotatable bonds is 5. The van der Waals surface area contributed by atoms with Crippen molar-refractivity contribution in [2.75, 3.05) is 4.72 Å². The number of nitrogens with one attached hydrogen (secondary N) is 1. The average Bonchev–Trinajstić information content (AvgIpc) is 3.37. The first kappa shape index (κ1) is 18.5. The number of hydrogen-bond donors (Lipinski definition) is 1. The lowest BCUT2D eigenvalue weighted by molar-refractivity contribution is 0.458. The second kappa shape index (κ2) is 7.26. The van der Waals surface area contributed by atoms with E-state index in [1.54, 1.807) is 12.3 Å². The Morgan fingerprint density at radius 3 is 2.74 bits per heavy atom. The molecule has 2 aromatic heterocycles. The maximum atomic E-state index is 13.9. The van der Waals surface area contributed by atoms with Crippen molar-refractivity contribution in [3.8, 4) is 10.6 Å². The zero-order chi connectivity index (χ0) is 19.0. The smallest absolute Gasteiger partial charge is 0.271 e. The van der Waals surface area contributed by atoms with Crippen LogP contribution in [0.5, 0.6) is 0 Å². The topological polar surface area (TPSA) is 72.2 Å². The Morgan fingerprint density at radius 1 is 1.22 bits per heavy atom. The van der Waals surface area contributed by atoms with Crippen LogP contribution in [0.1, 0.15) is 37.5 Å². The van der Waals surface area contributed by atoms with E-state index in [9.17, 15) is 12.8 Å². The second-order valence-electron chi connectivity index (χ2n) is 6.39. The fourth-order valence-corrected chi connectivity index (χ4v) is 5.61. The van der Waals surface area contributed by atoms with Gasteiger partial charge >= 0.3 is 0 Å². The molecule has 5 nitrogen and oxygen atoms in total. The molecule has 0 atom stereocenters. The molecule has 1 aromatic carbocycles. The first-order chi connectivity index (χ1) is 12.9. The quantitative estimate of drug-likeness (QED) is 0.571. The number of oxazole rings is 1. The molecule has 2 heterocycles. The molecule has 1 N–H and O–H groups in total. The molecule has 0 radical (unpaired) electrons. The number of halogens is 2. The van der Waals surface area contributed by atoms with Crippen LogP contribution in [0.4, 0.5) is 10.1 Å². The van der Waals surface area contributed by atoms with Crippen molar-refractivity contribution in [2.24, 2.45) is 0 Å². The minimum absolute atomic E-state index is 0.0608. The highest BCUT2D eigenvalue weighted by Crippen LogP contribution is 2.37. The Balaban J connectivity index is 1.56. The number of anilines is 1. The van der Waals surface area contributed by atoms with Gasteiger partial charge in [0.15, 0.2) is 11.7 Å². The molecule has 0 spiro atoms. The predicted molar refractivity (Wildman–Crippen MR) is 103 cm³/mol. The van der Waals surface area contributed by atoms with Crippen molar-refractivity contribution < 1.29 is 17.2 Å². The summed E-state index contributed by atoms with van der Waals surface area (Å²) in [7, 11) is -3.92. The third kappa shape index (κ3) is 3.88. The number of thiophene rings is 1. The summed E-state index contributed by atoms with van der Waals surface area (Å²) in [5.74, 6) is 0.860. The van der Waals surface area contributed by atoms with E-state index in [0.717, 1.165) is 30.2 Å². The van der Waals surface area contributed by atoms with E-state index < -0.39 is 15.8 Å². The lowest BCUT2D eigenvalue weighted by Crippen LogP contribution is -2.12. The minimum atomic E-state index is -3.92. The van der Waals surface area contributed by atoms with Crippen molar-refractivity contribution in [3.05, 3.63) is 53.3 Å². The van der Waals surface area contributed by atoms with E-state index in [1.165, 1.54) is 31.0 Å². The van der Waals surface area contributed by atoms with Crippen LogP contribution in [-0.2, 0) is 10.0 Å². The molecule has 27 heavy (non-hydrogen) atoms. The van der Waals surface area contributed by atoms with Crippen LogP contribution in [0.2, 0.25) is 5.02 Å². The molecule has 0 amide bonds. The van der Waals surface area contributed by atoms with Crippen LogP contribution >= 0.6 is 22.9 Å². The average molecular weight is 427 g/mol. The summed E-state index contributed by atoms with van der Waals surface area (Å²) in [5.41, 5.74) is -0.155. The van der Waals surface area contributed by atoms with Crippen molar-refractivity contribution in [2.45, 2.75) is 35.8 Å². The molecule has 3 aromatic rings. The molecule has 1 aliphatic carbocycles. The molecule has 142 valence electrons. The number of benzene rings is 1. The zero-order valence-electron chi connectivity index (χ0n) is 14.1. The van der Waals surface area contributed by atoms with Crippen LogP contribution in [0.3, 0.4) is 0 Å². The summed E-state index contributed by atoms with van der Waals surface area (Å²) < 4.78 is 47.1. The highest BCUT2D eigenvalue weighted by Gasteiger charge is 2.24. The van der Waals surface area contributed by atoms with Crippen LogP contribution in [0, 0.1) is 5.82 Å². The third-order valence-electron chi connectivity index (χ3n) is 4.49. The van der Waals surface area contributed by atoms with Crippen molar-refractivity contribution >= 4 is 38.6 Å². The lowest BCUT2D eigenvalue weighted by Gasteiger charge is -2.07. The van der Waals surface area contributed by atoms with Crippen molar-refractivity contribution in [1.29, 1.82) is 0 Å². The van der Waals surface area contributed by atoms with Crippen LogP contribution in [0.15, 0.2) is 45.2 Å². The Kier molecular flexibility index (Phi) is 4.96. The summed E-state index contributed by atoms with van der Waals surface area (Å²) >= 11 is 6.74. The van der Waals surface area contributed by atoms with Crippen LogP contribution in [0.25, 0.3) is 10.6 Å². The molecular weight excluding hydrogens is 411 g/mol. The Bertz CT molecular complexity index is 1070. The van der Waals surface area contributed by atoms with E-state index in [2.05, 4.69) is 9.71 Å². The van der Waals surface area contributed by atoms with Gasteiger partial charge < -0.3 is 4.42 Å². The molecule has 1 saturated carbocycles. The molecule has 1 fully saturated rings. The van der Waals surface area contributed by atoms with Gasteiger partial charge in [0.05, 0.1) is 16.8 Å². The van der Waals surface area contributed by atoms with Gasteiger partial charge in [-0.05, 0) is 43.2 Å². The highest BCUT2D eigenvalue weighted by atomic mass is 35.5.